The van der Waals surface area contributed by atoms with Gasteiger partial charge in [-0.05, 0) is 36.6 Å². The molecule has 0 amide bonds. The minimum atomic E-state index is 0. The first-order valence-corrected chi connectivity index (χ1v) is 8.98. The number of hydrogen-bond donors (Lipinski definition) is 1. The average molecular weight is 481 g/mol. The van der Waals surface area contributed by atoms with Gasteiger partial charge in [0.25, 0.3) is 0 Å². The van der Waals surface area contributed by atoms with Crippen LogP contribution in [0, 0.1) is 6.92 Å². The van der Waals surface area contributed by atoms with Gasteiger partial charge in [0.15, 0.2) is 5.96 Å². The molecular formula is C20H28IN5O. The van der Waals surface area contributed by atoms with Crippen molar-refractivity contribution < 1.29 is 4.74 Å². The van der Waals surface area contributed by atoms with Crippen LogP contribution in [-0.2, 0) is 6.54 Å². The van der Waals surface area contributed by atoms with Crippen LogP contribution in [0.5, 0.6) is 5.75 Å². The molecule has 0 saturated carbocycles. The van der Waals surface area contributed by atoms with E-state index in [4.69, 9.17) is 4.74 Å². The van der Waals surface area contributed by atoms with Crippen molar-refractivity contribution in [2.75, 3.05) is 33.8 Å². The average Bonchev–Trinajstić information content (AvgIpc) is 3.10. The molecule has 1 aliphatic heterocycles. The molecule has 0 spiro atoms. The molecular weight excluding hydrogens is 453 g/mol. The molecule has 1 aromatic carbocycles. The molecule has 0 bridgehead atoms. The predicted octanol–water partition coefficient (Wildman–Crippen LogP) is 3.18. The SMILES string of the molecule is CN=C(NCCn1ccnc1C)N1CC=C(c2cccc(OC)c2)CC1.I. The van der Waals surface area contributed by atoms with Gasteiger partial charge in [0, 0.05) is 45.6 Å². The highest BCUT2D eigenvalue weighted by atomic mass is 127. The second-order valence-electron chi connectivity index (χ2n) is 6.30. The van der Waals surface area contributed by atoms with Gasteiger partial charge in [0.2, 0.25) is 0 Å². The van der Waals surface area contributed by atoms with Gasteiger partial charge in [-0.25, -0.2) is 4.98 Å². The maximum Gasteiger partial charge on any atom is 0.194 e. The number of ether oxygens (including phenoxy) is 1. The number of rotatable bonds is 5. The molecule has 0 saturated heterocycles. The zero-order chi connectivity index (χ0) is 18.4. The molecule has 1 N–H and O–H groups in total. The van der Waals surface area contributed by atoms with E-state index in [-0.39, 0.29) is 24.0 Å². The van der Waals surface area contributed by atoms with E-state index in [1.165, 1.54) is 11.1 Å². The Morgan fingerprint density at radius 3 is 2.85 bits per heavy atom. The summed E-state index contributed by atoms with van der Waals surface area (Å²) in [5.41, 5.74) is 2.60. The maximum atomic E-state index is 5.33. The van der Waals surface area contributed by atoms with Gasteiger partial charge in [0.05, 0.1) is 7.11 Å². The lowest BCUT2D eigenvalue weighted by molar-refractivity contribution is 0.414. The van der Waals surface area contributed by atoms with Crippen LogP contribution in [0.15, 0.2) is 47.7 Å². The van der Waals surface area contributed by atoms with Crippen LogP contribution in [0.1, 0.15) is 17.8 Å². The van der Waals surface area contributed by atoms with Crippen LogP contribution in [0.4, 0.5) is 0 Å². The third-order valence-corrected chi connectivity index (χ3v) is 4.72. The quantitative estimate of drug-likeness (QED) is 0.405. The normalized spacial score (nSPS) is 14.4. The summed E-state index contributed by atoms with van der Waals surface area (Å²) in [4.78, 5) is 11.0. The standard InChI is InChI=1S/C20H27N5O.HI/c1-16-22-9-13-24(16)14-10-23-20(21-2)25-11-7-17(8-12-25)18-5-4-6-19(15-18)26-3;/h4-7,9,13,15H,8,10-12,14H2,1-3H3,(H,21,23);1H. The molecule has 2 aromatic rings. The van der Waals surface area contributed by atoms with Crippen LogP contribution in [0.3, 0.4) is 0 Å². The highest BCUT2D eigenvalue weighted by Crippen LogP contribution is 2.25. The fourth-order valence-corrected chi connectivity index (χ4v) is 3.21. The Balaban J connectivity index is 0.00000261. The van der Waals surface area contributed by atoms with Crippen LogP contribution in [0.2, 0.25) is 0 Å². The third-order valence-electron chi connectivity index (χ3n) is 4.72. The van der Waals surface area contributed by atoms with Crippen molar-refractivity contribution in [2.24, 2.45) is 4.99 Å². The Labute approximate surface area is 178 Å². The summed E-state index contributed by atoms with van der Waals surface area (Å²) in [5.74, 6) is 2.88. The number of nitrogens with one attached hydrogen (secondary N) is 1. The predicted molar refractivity (Wildman–Crippen MR) is 121 cm³/mol. The minimum Gasteiger partial charge on any atom is -0.497 e. The lowest BCUT2D eigenvalue weighted by Crippen LogP contribution is -2.44. The molecule has 7 heteroatoms. The van der Waals surface area contributed by atoms with Crippen LogP contribution < -0.4 is 10.1 Å². The van der Waals surface area contributed by atoms with E-state index in [0.29, 0.717) is 0 Å². The third kappa shape index (κ3) is 5.47. The number of halogens is 1. The molecule has 0 fully saturated rings. The Morgan fingerprint density at radius 1 is 1.37 bits per heavy atom. The van der Waals surface area contributed by atoms with Gasteiger partial charge in [-0.2, -0.15) is 0 Å². The summed E-state index contributed by atoms with van der Waals surface area (Å²) in [6.07, 6.45) is 7.11. The van der Waals surface area contributed by atoms with E-state index >= 15 is 0 Å². The largest absolute Gasteiger partial charge is 0.497 e. The number of nitrogens with zero attached hydrogens (tertiary/aromatic N) is 4. The van der Waals surface area contributed by atoms with E-state index in [2.05, 4.69) is 43.0 Å². The van der Waals surface area contributed by atoms with Crippen LogP contribution in [-0.4, -0.2) is 54.2 Å². The van der Waals surface area contributed by atoms with Gasteiger partial charge >= 0.3 is 0 Å². The van der Waals surface area contributed by atoms with E-state index in [1.54, 1.807) is 7.11 Å². The second kappa shape index (κ2) is 10.3. The van der Waals surface area contributed by atoms with Gasteiger partial charge in [-0.15, -0.1) is 24.0 Å². The molecule has 2 heterocycles. The Morgan fingerprint density at radius 2 is 2.22 bits per heavy atom. The van der Waals surface area contributed by atoms with Gasteiger partial charge in [-0.1, -0.05) is 18.2 Å². The molecule has 0 unspecified atom stereocenters. The monoisotopic (exact) mass is 481 g/mol. The second-order valence-corrected chi connectivity index (χ2v) is 6.30. The first kappa shape index (κ1) is 21.3. The Kier molecular flexibility index (Phi) is 8.15. The highest BCUT2D eigenvalue weighted by Gasteiger charge is 2.16. The first-order chi connectivity index (χ1) is 12.7. The smallest absolute Gasteiger partial charge is 0.194 e. The molecule has 0 atom stereocenters. The van der Waals surface area contributed by atoms with Crippen molar-refractivity contribution in [2.45, 2.75) is 19.9 Å². The lowest BCUT2D eigenvalue weighted by Gasteiger charge is -2.30. The number of aromatic nitrogens is 2. The number of imidazole rings is 1. The van der Waals surface area contributed by atoms with Crippen molar-refractivity contribution >= 4 is 35.5 Å². The Bertz CT molecular complexity index is 799. The summed E-state index contributed by atoms with van der Waals surface area (Å²) in [6.45, 7) is 5.53. The molecule has 6 nitrogen and oxygen atoms in total. The zero-order valence-corrected chi connectivity index (χ0v) is 18.5. The van der Waals surface area contributed by atoms with E-state index in [0.717, 1.165) is 50.1 Å². The zero-order valence-electron chi connectivity index (χ0n) is 16.2. The number of aryl methyl sites for hydroxylation is 1. The molecule has 1 aromatic heterocycles. The van der Waals surface area contributed by atoms with Gasteiger partial charge in [-0.3, -0.25) is 4.99 Å². The fraction of sp³-hybridized carbons (Fsp3) is 0.400. The van der Waals surface area contributed by atoms with Crippen molar-refractivity contribution in [1.82, 2.24) is 19.8 Å². The summed E-state index contributed by atoms with van der Waals surface area (Å²) in [6, 6.07) is 8.26. The summed E-state index contributed by atoms with van der Waals surface area (Å²) >= 11 is 0. The summed E-state index contributed by atoms with van der Waals surface area (Å²) < 4.78 is 7.47. The molecule has 3 rings (SSSR count). The molecule has 146 valence electrons. The van der Waals surface area contributed by atoms with Gasteiger partial charge < -0.3 is 19.5 Å². The van der Waals surface area contributed by atoms with Crippen molar-refractivity contribution in [3.05, 3.63) is 54.1 Å². The van der Waals surface area contributed by atoms with Crippen molar-refractivity contribution in [3.63, 3.8) is 0 Å². The van der Waals surface area contributed by atoms with Crippen LogP contribution in [0.25, 0.3) is 5.57 Å². The van der Waals surface area contributed by atoms with Crippen molar-refractivity contribution in [1.29, 1.82) is 0 Å². The lowest BCUT2D eigenvalue weighted by atomic mass is 9.99. The molecule has 0 aliphatic carbocycles. The van der Waals surface area contributed by atoms with Crippen molar-refractivity contribution in [3.8, 4) is 5.75 Å². The fourth-order valence-electron chi connectivity index (χ4n) is 3.21. The summed E-state index contributed by atoms with van der Waals surface area (Å²) in [5, 5.41) is 3.46. The number of methoxy groups -OCH3 is 1. The Hall–Kier alpha value is -2.03. The maximum absolute atomic E-state index is 5.33. The first-order valence-electron chi connectivity index (χ1n) is 8.98. The number of aliphatic imine (C=N–C) groups is 1. The minimum absolute atomic E-state index is 0. The molecule has 0 radical (unpaired) electrons. The summed E-state index contributed by atoms with van der Waals surface area (Å²) in [7, 11) is 3.54. The van der Waals surface area contributed by atoms with Crippen LogP contribution >= 0.6 is 24.0 Å². The number of benzene rings is 1. The van der Waals surface area contributed by atoms with E-state index in [1.807, 2.05) is 38.5 Å². The highest BCUT2D eigenvalue weighted by molar-refractivity contribution is 14.0. The van der Waals surface area contributed by atoms with E-state index < -0.39 is 0 Å². The molecule has 1 aliphatic rings. The topological polar surface area (TPSA) is 54.7 Å². The van der Waals surface area contributed by atoms with E-state index in [9.17, 15) is 0 Å². The van der Waals surface area contributed by atoms with Gasteiger partial charge in [0.1, 0.15) is 11.6 Å². The number of hydrogen-bond acceptors (Lipinski definition) is 3. The number of guanidine groups is 1. The molecule has 27 heavy (non-hydrogen) atoms.